The molecule has 1 heterocycles. The molecule has 3 aromatic rings. The Balaban J connectivity index is 0.00000176. The maximum Gasteiger partial charge on any atom is 0.239 e. The van der Waals surface area contributed by atoms with Crippen LogP contribution in [-0.4, -0.2) is 17.7 Å². The molecule has 0 fully saturated rings. The lowest BCUT2D eigenvalue weighted by molar-refractivity contribution is 0.397. The predicted molar refractivity (Wildman–Crippen MR) is 92.5 cm³/mol. The lowest BCUT2D eigenvalue weighted by atomic mass is 10.1. The van der Waals surface area contributed by atoms with Crippen LogP contribution >= 0.6 is 22.6 Å². The van der Waals surface area contributed by atoms with E-state index >= 15 is 0 Å². The van der Waals surface area contributed by atoms with Crippen molar-refractivity contribution in [3.8, 4) is 22.8 Å². The maximum atomic E-state index is 12.6. The first-order valence-electron chi connectivity index (χ1n) is 6.21. The first kappa shape index (κ1) is 16.3. The quantitative estimate of drug-likeness (QED) is 0.656. The maximum absolute atomic E-state index is 12.6. The summed E-state index contributed by atoms with van der Waals surface area (Å²) in [5.41, 5.74) is 0.692. The van der Waals surface area contributed by atoms with Crippen LogP contribution in [0.2, 0.25) is 0 Å². The van der Waals surface area contributed by atoms with E-state index in [-0.39, 0.29) is 27.8 Å². The average Bonchev–Trinajstić information content (AvgIpc) is 2.51. The van der Waals surface area contributed by atoms with Crippen LogP contribution in [-0.2, 0) is 0 Å². The largest absolute Gasteiger partial charge is 0.506 e. The molecule has 6 heteroatoms. The van der Waals surface area contributed by atoms with E-state index in [4.69, 9.17) is 9.15 Å². The van der Waals surface area contributed by atoms with Crippen molar-refractivity contribution in [2.24, 2.45) is 0 Å². The Kier molecular flexibility index (Phi) is 4.72. The number of ether oxygens (including phenoxy) is 1. The Morgan fingerprint density at radius 1 is 1.14 bits per heavy atom. The number of methoxy groups -OCH3 is 1. The lowest BCUT2D eigenvalue weighted by Crippen LogP contribution is -2.08. The fourth-order valence-corrected chi connectivity index (χ4v) is 2.64. The molecule has 0 aliphatic rings. The number of fused-ring (bicyclic) bond motifs is 1. The second-order valence-electron chi connectivity index (χ2n) is 4.43. The zero-order valence-corrected chi connectivity index (χ0v) is 13.7. The summed E-state index contributed by atoms with van der Waals surface area (Å²) in [6, 6.07) is 12.6. The molecule has 1 aromatic heterocycles. The standard InChI is InChI=1S/C16H11IO4.H2O/c1-20-16-14(19)12-11(8-7-10(17)13(12)18)21-15(16)9-5-3-2-4-6-9;/h2-8,18H,1H3;1H2. The number of phenolic OH excluding ortho intramolecular Hbond substituents is 1. The molecule has 0 amide bonds. The third-order valence-electron chi connectivity index (χ3n) is 3.18. The van der Waals surface area contributed by atoms with Gasteiger partial charge in [0.2, 0.25) is 11.2 Å². The molecule has 2 aromatic carbocycles. The number of aromatic hydroxyl groups is 1. The van der Waals surface area contributed by atoms with E-state index in [0.717, 1.165) is 5.56 Å². The summed E-state index contributed by atoms with van der Waals surface area (Å²) in [7, 11) is 1.41. The molecule has 5 nitrogen and oxygen atoms in total. The monoisotopic (exact) mass is 412 g/mol. The molecule has 0 atom stereocenters. The number of halogens is 1. The van der Waals surface area contributed by atoms with Crippen LogP contribution in [0.3, 0.4) is 0 Å². The van der Waals surface area contributed by atoms with Crippen LogP contribution in [0.1, 0.15) is 0 Å². The summed E-state index contributed by atoms with van der Waals surface area (Å²) in [4.78, 5) is 12.6. The number of benzene rings is 2. The van der Waals surface area contributed by atoms with E-state index in [0.29, 0.717) is 14.9 Å². The van der Waals surface area contributed by atoms with Gasteiger partial charge in [0.25, 0.3) is 0 Å². The highest BCUT2D eigenvalue weighted by Crippen LogP contribution is 2.34. The first-order valence-corrected chi connectivity index (χ1v) is 7.29. The summed E-state index contributed by atoms with van der Waals surface area (Å²) in [5.74, 6) is 0.363. The van der Waals surface area contributed by atoms with Gasteiger partial charge in [0.1, 0.15) is 16.7 Å². The fraction of sp³-hybridized carbons (Fsp3) is 0.0625. The van der Waals surface area contributed by atoms with Crippen molar-refractivity contribution < 1.29 is 19.7 Å². The lowest BCUT2D eigenvalue weighted by Gasteiger charge is -2.10. The highest BCUT2D eigenvalue weighted by atomic mass is 127. The van der Waals surface area contributed by atoms with Gasteiger partial charge >= 0.3 is 0 Å². The van der Waals surface area contributed by atoms with E-state index in [2.05, 4.69) is 0 Å². The van der Waals surface area contributed by atoms with Crippen molar-refractivity contribution in [2.45, 2.75) is 0 Å². The number of rotatable bonds is 2. The van der Waals surface area contributed by atoms with Gasteiger partial charge in [-0.1, -0.05) is 30.3 Å². The van der Waals surface area contributed by atoms with E-state index in [1.54, 1.807) is 12.1 Å². The number of hydrogen-bond donors (Lipinski definition) is 1. The Bertz CT molecular complexity index is 871. The van der Waals surface area contributed by atoms with Crippen LogP contribution in [0.4, 0.5) is 0 Å². The number of hydrogen-bond acceptors (Lipinski definition) is 4. The highest BCUT2D eigenvalue weighted by molar-refractivity contribution is 14.1. The summed E-state index contributed by atoms with van der Waals surface area (Å²) < 4.78 is 11.6. The van der Waals surface area contributed by atoms with Gasteiger partial charge in [-0.3, -0.25) is 4.79 Å². The molecular formula is C16H13IO5. The van der Waals surface area contributed by atoms with Gasteiger partial charge < -0.3 is 19.7 Å². The van der Waals surface area contributed by atoms with Crippen molar-refractivity contribution in [1.82, 2.24) is 0 Å². The molecular weight excluding hydrogens is 399 g/mol. The van der Waals surface area contributed by atoms with Crippen LogP contribution in [0.25, 0.3) is 22.3 Å². The van der Waals surface area contributed by atoms with Crippen molar-refractivity contribution >= 4 is 33.6 Å². The zero-order valence-electron chi connectivity index (χ0n) is 11.6. The Hall–Kier alpha value is -2.06. The minimum atomic E-state index is -0.381. The molecule has 0 aliphatic heterocycles. The van der Waals surface area contributed by atoms with Gasteiger partial charge in [-0.2, -0.15) is 0 Å². The minimum absolute atomic E-state index is 0. The van der Waals surface area contributed by atoms with Crippen LogP contribution < -0.4 is 10.2 Å². The molecule has 3 rings (SSSR count). The number of phenols is 1. The van der Waals surface area contributed by atoms with Gasteiger partial charge in [-0.15, -0.1) is 0 Å². The normalized spacial score (nSPS) is 10.3. The third kappa shape index (κ3) is 2.55. The van der Waals surface area contributed by atoms with Crippen molar-refractivity contribution in [1.29, 1.82) is 0 Å². The third-order valence-corrected chi connectivity index (χ3v) is 4.05. The van der Waals surface area contributed by atoms with Gasteiger partial charge in [0.15, 0.2) is 5.76 Å². The van der Waals surface area contributed by atoms with Gasteiger partial charge in [-0.25, -0.2) is 0 Å². The average molecular weight is 412 g/mol. The molecule has 0 bridgehead atoms. The molecule has 0 unspecified atom stereocenters. The predicted octanol–water partition coefficient (Wildman–Crippen LogP) is 2.95. The summed E-state index contributed by atoms with van der Waals surface area (Å²) >= 11 is 1.96. The zero-order chi connectivity index (χ0) is 15.0. The van der Waals surface area contributed by atoms with Crippen molar-refractivity contribution in [3.63, 3.8) is 0 Å². The highest BCUT2D eigenvalue weighted by Gasteiger charge is 2.19. The van der Waals surface area contributed by atoms with Crippen LogP contribution in [0.15, 0.2) is 51.7 Å². The van der Waals surface area contributed by atoms with Gasteiger partial charge in [-0.05, 0) is 34.7 Å². The van der Waals surface area contributed by atoms with E-state index in [1.807, 2.05) is 52.9 Å². The summed E-state index contributed by atoms with van der Waals surface area (Å²) in [6.07, 6.45) is 0. The molecule has 114 valence electrons. The second-order valence-corrected chi connectivity index (χ2v) is 5.59. The van der Waals surface area contributed by atoms with E-state index in [1.165, 1.54) is 7.11 Å². The SMILES string of the molecule is COc1c(-c2ccccc2)oc2ccc(I)c(O)c2c1=O.O. The van der Waals surface area contributed by atoms with Gasteiger partial charge in [0, 0.05) is 5.56 Å². The summed E-state index contributed by atoms with van der Waals surface area (Å²) in [6.45, 7) is 0. The van der Waals surface area contributed by atoms with E-state index in [9.17, 15) is 9.90 Å². The summed E-state index contributed by atoms with van der Waals surface area (Å²) in [5, 5.41) is 10.2. The van der Waals surface area contributed by atoms with Crippen LogP contribution in [0, 0.1) is 3.57 Å². The molecule has 0 aliphatic carbocycles. The molecule has 0 saturated heterocycles. The fourth-order valence-electron chi connectivity index (χ4n) is 2.19. The Morgan fingerprint density at radius 2 is 1.82 bits per heavy atom. The minimum Gasteiger partial charge on any atom is -0.506 e. The smallest absolute Gasteiger partial charge is 0.239 e. The Morgan fingerprint density at radius 3 is 2.45 bits per heavy atom. The topological polar surface area (TPSA) is 91.2 Å². The van der Waals surface area contributed by atoms with Crippen LogP contribution in [0.5, 0.6) is 11.5 Å². The van der Waals surface area contributed by atoms with E-state index < -0.39 is 0 Å². The Labute approximate surface area is 139 Å². The van der Waals surface area contributed by atoms with Crippen molar-refractivity contribution in [2.75, 3.05) is 7.11 Å². The molecule has 0 radical (unpaired) electrons. The molecule has 22 heavy (non-hydrogen) atoms. The second kappa shape index (κ2) is 6.37. The first-order chi connectivity index (χ1) is 10.1. The molecule has 0 spiro atoms. The van der Waals surface area contributed by atoms with Crippen molar-refractivity contribution in [3.05, 3.63) is 56.3 Å². The van der Waals surface area contributed by atoms with Gasteiger partial charge in [0.05, 0.1) is 10.7 Å². The molecule has 3 N–H and O–H groups in total. The molecule has 0 saturated carbocycles.